The van der Waals surface area contributed by atoms with Gasteiger partial charge < -0.3 is 0 Å². The quantitative estimate of drug-likeness (QED) is 0.708. The van der Waals surface area contributed by atoms with Crippen molar-refractivity contribution >= 4 is 0 Å². The first-order chi connectivity index (χ1) is 7.90. The summed E-state index contributed by atoms with van der Waals surface area (Å²) in [7, 11) is 0. The molecular formula is C16H23N. The van der Waals surface area contributed by atoms with E-state index in [0.29, 0.717) is 12.1 Å². The van der Waals surface area contributed by atoms with E-state index in [1.807, 2.05) is 6.07 Å². The van der Waals surface area contributed by atoms with Crippen LogP contribution in [0.4, 0.5) is 0 Å². The lowest BCUT2D eigenvalue weighted by Crippen LogP contribution is -2.48. The van der Waals surface area contributed by atoms with Gasteiger partial charge in [0.25, 0.3) is 0 Å². The molecule has 1 unspecified atom stereocenters. The number of hydrogen-bond acceptors (Lipinski definition) is 1. The van der Waals surface area contributed by atoms with E-state index in [2.05, 4.69) is 69.7 Å². The maximum Gasteiger partial charge on any atom is 0.0773 e. The van der Waals surface area contributed by atoms with Gasteiger partial charge in [0.15, 0.2) is 0 Å². The Morgan fingerprint density at radius 3 is 2.06 bits per heavy atom. The molecule has 0 aromatic heterocycles. The van der Waals surface area contributed by atoms with Gasteiger partial charge in [-0.3, -0.25) is 4.90 Å². The van der Waals surface area contributed by atoms with Crippen LogP contribution in [-0.2, 0) is 0 Å². The molecule has 0 saturated carbocycles. The largest absolute Gasteiger partial charge is 0.278 e. The predicted molar refractivity (Wildman–Crippen MR) is 74.7 cm³/mol. The lowest BCUT2D eigenvalue weighted by Gasteiger charge is -2.42. The van der Waals surface area contributed by atoms with E-state index in [9.17, 15) is 0 Å². The van der Waals surface area contributed by atoms with Crippen molar-refractivity contribution in [3.8, 4) is 12.3 Å². The Hall–Kier alpha value is -1.26. The van der Waals surface area contributed by atoms with Crippen LogP contribution in [0.3, 0.4) is 0 Å². The van der Waals surface area contributed by atoms with Gasteiger partial charge in [-0.15, -0.1) is 6.42 Å². The molecule has 0 aliphatic heterocycles. The van der Waals surface area contributed by atoms with Crippen molar-refractivity contribution in [3.05, 3.63) is 35.9 Å². The summed E-state index contributed by atoms with van der Waals surface area (Å²) >= 11 is 0. The normalized spacial score (nSPS) is 13.8. The van der Waals surface area contributed by atoms with Crippen LogP contribution in [0.15, 0.2) is 30.3 Å². The first kappa shape index (κ1) is 13.8. The summed E-state index contributed by atoms with van der Waals surface area (Å²) in [5, 5.41) is 0. The Balaban J connectivity index is 3.06. The Labute approximate surface area is 106 Å². The minimum Gasteiger partial charge on any atom is -0.278 e. The summed E-state index contributed by atoms with van der Waals surface area (Å²) in [5.41, 5.74) is 1.08. The molecule has 1 atom stereocenters. The van der Waals surface area contributed by atoms with E-state index in [1.165, 1.54) is 5.56 Å². The standard InChI is InChI=1S/C16H23N/c1-7-16(5,6)17(13(2)3)14(4)15-11-9-8-10-12-15/h1,8-14H,2-6H3. The van der Waals surface area contributed by atoms with Crippen molar-refractivity contribution in [3.63, 3.8) is 0 Å². The number of benzene rings is 1. The highest BCUT2D eigenvalue weighted by Crippen LogP contribution is 2.29. The lowest BCUT2D eigenvalue weighted by atomic mass is 9.96. The second-order valence-corrected chi connectivity index (χ2v) is 5.29. The Morgan fingerprint density at radius 1 is 1.12 bits per heavy atom. The van der Waals surface area contributed by atoms with Crippen LogP contribution >= 0.6 is 0 Å². The predicted octanol–water partition coefficient (Wildman–Crippen LogP) is 3.87. The zero-order valence-corrected chi connectivity index (χ0v) is 11.6. The molecule has 0 N–H and O–H groups in total. The topological polar surface area (TPSA) is 3.24 Å². The highest BCUT2D eigenvalue weighted by atomic mass is 15.2. The van der Waals surface area contributed by atoms with Gasteiger partial charge in [-0.25, -0.2) is 0 Å². The van der Waals surface area contributed by atoms with Crippen molar-refractivity contribution < 1.29 is 0 Å². The van der Waals surface area contributed by atoms with E-state index < -0.39 is 0 Å². The molecule has 0 spiro atoms. The van der Waals surface area contributed by atoms with Gasteiger partial charge in [0.2, 0.25) is 0 Å². The molecule has 0 heterocycles. The highest BCUT2D eigenvalue weighted by molar-refractivity contribution is 5.21. The molecule has 0 aliphatic rings. The summed E-state index contributed by atoms with van der Waals surface area (Å²) in [4.78, 5) is 2.38. The van der Waals surface area contributed by atoms with Crippen molar-refractivity contribution in [2.75, 3.05) is 0 Å². The van der Waals surface area contributed by atoms with Crippen LogP contribution in [0.25, 0.3) is 0 Å². The molecule has 92 valence electrons. The molecule has 17 heavy (non-hydrogen) atoms. The Morgan fingerprint density at radius 2 is 1.65 bits per heavy atom. The van der Waals surface area contributed by atoms with Crippen molar-refractivity contribution in [2.24, 2.45) is 0 Å². The second-order valence-electron chi connectivity index (χ2n) is 5.29. The smallest absolute Gasteiger partial charge is 0.0773 e. The zero-order chi connectivity index (χ0) is 13.1. The first-order valence-corrected chi connectivity index (χ1v) is 6.21. The molecule has 1 nitrogen and oxygen atoms in total. The third-order valence-corrected chi connectivity index (χ3v) is 3.25. The summed E-state index contributed by atoms with van der Waals surface area (Å²) in [5.74, 6) is 2.90. The SMILES string of the molecule is C#CC(C)(C)N(C(C)C)C(C)c1ccccc1. The molecule has 1 heteroatoms. The fourth-order valence-electron chi connectivity index (χ4n) is 2.54. The molecule has 0 radical (unpaired) electrons. The molecule has 1 aromatic rings. The van der Waals surface area contributed by atoms with Gasteiger partial charge in [0.1, 0.15) is 0 Å². The van der Waals surface area contributed by atoms with Gasteiger partial charge in [0.05, 0.1) is 5.54 Å². The molecule has 0 fully saturated rings. The monoisotopic (exact) mass is 229 g/mol. The van der Waals surface area contributed by atoms with E-state index in [1.54, 1.807) is 0 Å². The number of nitrogens with zero attached hydrogens (tertiary/aromatic N) is 1. The maximum absolute atomic E-state index is 5.67. The molecule has 1 rings (SSSR count). The first-order valence-electron chi connectivity index (χ1n) is 6.21. The van der Waals surface area contributed by atoms with E-state index >= 15 is 0 Å². The van der Waals surface area contributed by atoms with Gasteiger partial charge in [0, 0.05) is 12.1 Å². The average Bonchev–Trinajstić information content (AvgIpc) is 2.29. The molecule has 0 saturated heterocycles. The summed E-state index contributed by atoms with van der Waals surface area (Å²) < 4.78 is 0. The molecule has 0 aliphatic carbocycles. The van der Waals surface area contributed by atoms with Gasteiger partial charge >= 0.3 is 0 Å². The van der Waals surface area contributed by atoms with E-state index in [-0.39, 0.29) is 5.54 Å². The summed E-state index contributed by atoms with van der Waals surface area (Å²) in [6.45, 7) is 10.8. The van der Waals surface area contributed by atoms with Crippen LogP contribution in [0.1, 0.15) is 46.2 Å². The van der Waals surface area contributed by atoms with Gasteiger partial charge in [-0.05, 0) is 40.2 Å². The number of hydrogen-bond donors (Lipinski definition) is 0. The molecule has 0 amide bonds. The Kier molecular flexibility index (Phi) is 4.37. The van der Waals surface area contributed by atoms with Gasteiger partial charge in [-0.2, -0.15) is 0 Å². The van der Waals surface area contributed by atoms with E-state index in [0.717, 1.165) is 0 Å². The van der Waals surface area contributed by atoms with Crippen LogP contribution in [0.5, 0.6) is 0 Å². The fraction of sp³-hybridized carbons (Fsp3) is 0.500. The van der Waals surface area contributed by atoms with Crippen LogP contribution in [0.2, 0.25) is 0 Å². The fourth-order valence-corrected chi connectivity index (χ4v) is 2.54. The molecular weight excluding hydrogens is 206 g/mol. The summed E-state index contributed by atoms with van der Waals surface area (Å²) in [6.07, 6.45) is 5.67. The summed E-state index contributed by atoms with van der Waals surface area (Å²) in [6, 6.07) is 11.3. The number of rotatable bonds is 4. The van der Waals surface area contributed by atoms with Crippen molar-refractivity contribution in [1.82, 2.24) is 4.90 Å². The van der Waals surface area contributed by atoms with Crippen molar-refractivity contribution in [2.45, 2.75) is 52.2 Å². The van der Waals surface area contributed by atoms with Crippen LogP contribution in [-0.4, -0.2) is 16.5 Å². The number of terminal acetylenes is 1. The second kappa shape index (κ2) is 5.38. The highest BCUT2D eigenvalue weighted by Gasteiger charge is 2.31. The third-order valence-electron chi connectivity index (χ3n) is 3.25. The zero-order valence-electron chi connectivity index (χ0n) is 11.6. The third kappa shape index (κ3) is 3.11. The molecule has 0 bridgehead atoms. The lowest BCUT2D eigenvalue weighted by molar-refractivity contribution is 0.0811. The van der Waals surface area contributed by atoms with Crippen molar-refractivity contribution in [1.29, 1.82) is 0 Å². The van der Waals surface area contributed by atoms with Gasteiger partial charge in [-0.1, -0.05) is 36.3 Å². The minimum absolute atomic E-state index is 0.233. The van der Waals surface area contributed by atoms with E-state index in [4.69, 9.17) is 6.42 Å². The minimum atomic E-state index is -0.233. The molecule has 1 aromatic carbocycles. The Bertz CT molecular complexity index is 384. The van der Waals surface area contributed by atoms with Crippen LogP contribution in [0, 0.1) is 12.3 Å². The van der Waals surface area contributed by atoms with Crippen LogP contribution < -0.4 is 0 Å². The maximum atomic E-state index is 5.67. The average molecular weight is 229 g/mol.